The molecule has 2 nitrogen and oxygen atoms in total. The SMILES string of the molecule is N.O=C/C(=C/c1ccccc1)c1ccccc1. The van der Waals surface area contributed by atoms with Gasteiger partial charge in [-0.25, -0.2) is 0 Å². The quantitative estimate of drug-likeness (QED) is 0.493. The molecule has 0 radical (unpaired) electrons. The monoisotopic (exact) mass is 225 g/mol. The Morgan fingerprint density at radius 1 is 0.824 bits per heavy atom. The molecule has 0 aliphatic rings. The molecule has 0 aromatic heterocycles. The molecular formula is C15H15NO. The van der Waals surface area contributed by atoms with Crippen molar-refractivity contribution in [1.29, 1.82) is 0 Å². The lowest BCUT2D eigenvalue weighted by molar-refractivity contribution is -0.103. The Hall–Kier alpha value is -2.19. The summed E-state index contributed by atoms with van der Waals surface area (Å²) in [5.74, 6) is 0. The van der Waals surface area contributed by atoms with Gasteiger partial charge in [0.2, 0.25) is 0 Å². The van der Waals surface area contributed by atoms with Gasteiger partial charge in [0.1, 0.15) is 0 Å². The Morgan fingerprint density at radius 2 is 1.35 bits per heavy atom. The Kier molecular flexibility index (Phi) is 4.85. The van der Waals surface area contributed by atoms with E-state index in [1.807, 2.05) is 66.7 Å². The van der Waals surface area contributed by atoms with Crippen molar-refractivity contribution < 1.29 is 4.79 Å². The fourth-order valence-corrected chi connectivity index (χ4v) is 1.54. The van der Waals surface area contributed by atoms with E-state index in [4.69, 9.17) is 0 Å². The van der Waals surface area contributed by atoms with Gasteiger partial charge in [-0.2, -0.15) is 0 Å². The van der Waals surface area contributed by atoms with Crippen LogP contribution in [0.25, 0.3) is 11.6 Å². The van der Waals surface area contributed by atoms with Gasteiger partial charge in [0.25, 0.3) is 0 Å². The summed E-state index contributed by atoms with van der Waals surface area (Å²) in [7, 11) is 0. The summed E-state index contributed by atoms with van der Waals surface area (Å²) in [6.07, 6.45) is 2.78. The molecule has 0 spiro atoms. The number of rotatable bonds is 3. The van der Waals surface area contributed by atoms with E-state index in [9.17, 15) is 4.79 Å². The zero-order chi connectivity index (χ0) is 11.2. The first-order chi connectivity index (χ1) is 7.90. The van der Waals surface area contributed by atoms with Crippen LogP contribution in [0.1, 0.15) is 11.1 Å². The van der Waals surface area contributed by atoms with Crippen LogP contribution in [0.4, 0.5) is 0 Å². The van der Waals surface area contributed by atoms with Crippen LogP contribution in [0.5, 0.6) is 0 Å². The molecule has 0 heterocycles. The topological polar surface area (TPSA) is 52.1 Å². The fraction of sp³-hybridized carbons (Fsp3) is 0. The highest BCUT2D eigenvalue weighted by Gasteiger charge is 1.98. The molecule has 2 aromatic rings. The number of allylic oxidation sites excluding steroid dienone is 1. The van der Waals surface area contributed by atoms with Crippen molar-refractivity contribution >= 4 is 17.9 Å². The maximum absolute atomic E-state index is 11.0. The van der Waals surface area contributed by atoms with Crippen molar-refractivity contribution in [2.45, 2.75) is 0 Å². The second kappa shape index (κ2) is 6.40. The van der Waals surface area contributed by atoms with E-state index in [0.717, 1.165) is 17.4 Å². The van der Waals surface area contributed by atoms with E-state index in [2.05, 4.69) is 0 Å². The third kappa shape index (κ3) is 3.40. The summed E-state index contributed by atoms with van der Waals surface area (Å²) >= 11 is 0. The van der Waals surface area contributed by atoms with Crippen molar-refractivity contribution in [3.05, 3.63) is 71.8 Å². The summed E-state index contributed by atoms with van der Waals surface area (Å²) in [6.45, 7) is 0. The highest BCUT2D eigenvalue weighted by atomic mass is 16.1. The van der Waals surface area contributed by atoms with Crippen LogP contribution in [0.3, 0.4) is 0 Å². The van der Waals surface area contributed by atoms with E-state index in [-0.39, 0.29) is 6.15 Å². The molecule has 0 saturated carbocycles. The van der Waals surface area contributed by atoms with E-state index < -0.39 is 0 Å². The van der Waals surface area contributed by atoms with Crippen LogP contribution in [0.15, 0.2) is 60.7 Å². The van der Waals surface area contributed by atoms with E-state index in [1.165, 1.54) is 0 Å². The van der Waals surface area contributed by atoms with Gasteiger partial charge in [-0.05, 0) is 17.2 Å². The van der Waals surface area contributed by atoms with Gasteiger partial charge in [0, 0.05) is 5.57 Å². The van der Waals surface area contributed by atoms with Gasteiger partial charge in [-0.1, -0.05) is 60.7 Å². The molecule has 0 atom stereocenters. The molecule has 2 rings (SSSR count). The molecule has 0 unspecified atom stereocenters. The predicted molar refractivity (Wildman–Crippen MR) is 71.8 cm³/mol. The van der Waals surface area contributed by atoms with E-state index in [0.29, 0.717) is 5.57 Å². The molecule has 0 aliphatic heterocycles. The predicted octanol–water partition coefficient (Wildman–Crippen LogP) is 3.59. The number of carbonyl (C=O) groups is 1. The molecule has 2 aromatic carbocycles. The van der Waals surface area contributed by atoms with Crippen molar-refractivity contribution in [2.75, 3.05) is 0 Å². The van der Waals surface area contributed by atoms with Crippen LogP contribution in [-0.4, -0.2) is 6.29 Å². The number of hydrogen-bond donors (Lipinski definition) is 1. The normalized spacial score (nSPS) is 10.5. The first-order valence-electron chi connectivity index (χ1n) is 5.17. The molecular weight excluding hydrogens is 210 g/mol. The van der Waals surface area contributed by atoms with Crippen molar-refractivity contribution in [2.24, 2.45) is 0 Å². The van der Waals surface area contributed by atoms with Gasteiger partial charge >= 0.3 is 0 Å². The van der Waals surface area contributed by atoms with E-state index >= 15 is 0 Å². The molecule has 0 amide bonds. The van der Waals surface area contributed by atoms with E-state index in [1.54, 1.807) is 0 Å². The number of hydrogen-bond acceptors (Lipinski definition) is 2. The summed E-state index contributed by atoms with van der Waals surface area (Å²) < 4.78 is 0. The highest BCUT2D eigenvalue weighted by molar-refractivity contribution is 6.13. The highest BCUT2D eigenvalue weighted by Crippen LogP contribution is 2.15. The van der Waals surface area contributed by atoms with Crippen LogP contribution in [0, 0.1) is 0 Å². The van der Waals surface area contributed by atoms with Crippen LogP contribution in [-0.2, 0) is 4.79 Å². The lowest BCUT2D eigenvalue weighted by Crippen LogP contribution is -1.85. The number of aldehydes is 1. The first-order valence-corrected chi connectivity index (χ1v) is 5.17. The Morgan fingerprint density at radius 3 is 1.88 bits per heavy atom. The summed E-state index contributed by atoms with van der Waals surface area (Å²) in [6, 6.07) is 19.5. The average Bonchev–Trinajstić information content (AvgIpc) is 2.38. The number of carbonyl (C=O) groups excluding carboxylic acids is 1. The lowest BCUT2D eigenvalue weighted by atomic mass is 10.0. The largest absolute Gasteiger partial charge is 0.344 e. The van der Waals surface area contributed by atoms with Crippen molar-refractivity contribution in [3.8, 4) is 0 Å². The van der Waals surface area contributed by atoms with Crippen LogP contribution in [0.2, 0.25) is 0 Å². The zero-order valence-corrected chi connectivity index (χ0v) is 9.54. The lowest BCUT2D eigenvalue weighted by Gasteiger charge is -2.00. The number of benzene rings is 2. The fourth-order valence-electron chi connectivity index (χ4n) is 1.54. The molecule has 0 aliphatic carbocycles. The summed E-state index contributed by atoms with van der Waals surface area (Å²) in [5, 5.41) is 0. The Bertz CT molecular complexity index is 489. The zero-order valence-electron chi connectivity index (χ0n) is 9.54. The maximum atomic E-state index is 11.0. The van der Waals surface area contributed by atoms with Crippen molar-refractivity contribution in [3.63, 3.8) is 0 Å². The first kappa shape index (κ1) is 12.9. The van der Waals surface area contributed by atoms with Gasteiger partial charge in [0.05, 0.1) is 0 Å². The molecule has 3 N–H and O–H groups in total. The minimum Gasteiger partial charge on any atom is -0.344 e. The van der Waals surface area contributed by atoms with Gasteiger partial charge in [-0.3, -0.25) is 4.79 Å². The van der Waals surface area contributed by atoms with Gasteiger partial charge in [-0.15, -0.1) is 0 Å². The third-order valence-electron chi connectivity index (χ3n) is 2.36. The average molecular weight is 225 g/mol. The second-order valence-corrected chi connectivity index (χ2v) is 3.49. The third-order valence-corrected chi connectivity index (χ3v) is 2.36. The molecule has 17 heavy (non-hydrogen) atoms. The summed E-state index contributed by atoms with van der Waals surface area (Å²) in [5.41, 5.74) is 2.68. The Labute approximate surface area is 101 Å². The van der Waals surface area contributed by atoms with Crippen LogP contribution < -0.4 is 6.15 Å². The Balaban J connectivity index is 0.00000144. The smallest absolute Gasteiger partial charge is 0.150 e. The molecule has 86 valence electrons. The maximum Gasteiger partial charge on any atom is 0.150 e. The van der Waals surface area contributed by atoms with Crippen LogP contribution >= 0.6 is 0 Å². The molecule has 0 saturated heterocycles. The van der Waals surface area contributed by atoms with Crippen molar-refractivity contribution in [1.82, 2.24) is 6.15 Å². The minimum absolute atomic E-state index is 0. The molecule has 2 heteroatoms. The molecule has 0 fully saturated rings. The minimum atomic E-state index is 0. The van der Waals surface area contributed by atoms with Gasteiger partial charge < -0.3 is 6.15 Å². The molecule has 0 bridgehead atoms. The summed E-state index contributed by atoms with van der Waals surface area (Å²) in [4.78, 5) is 11.0. The standard InChI is InChI=1S/C15H12O.H3N/c16-12-15(14-9-5-2-6-10-14)11-13-7-3-1-4-8-13;/h1-12H;1H3/b15-11-;. The second-order valence-electron chi connectivity index (χ2n) is 3.49. The van der Waals surface area contributed by atoms with Gasteiger partial charge in [0.15, 0.2) is 6.29 Å².